The zero-order valence-corrected chi connectivity index (χ0v) is 8.87. The zero-order valence-electron chi connectivity index (χ0n) is 8.87. The Bertz CT molecular complexity index is 332. The zero-order chi connectivity index (χ0) is 9.31. The van der Waals surface area contributed by atoms with E-state index in [4.69, 9.17) is 4.74 Å². The fraction of sp³-hybridized carbons (Fsp3) is 0.364. The van der Waals surface area contributed by atoms with E-state index in [-0.39, 0.29) is 24.4 Å². The van der Waals surface area contributed by atoms with Crippen LogP contribution in [0.2, 0.25) is 0 Å². The maximum Gasteiger partial charge on any atom is 1.00 e. The Kier molecular flexibility index (Phi) is 3.42. The molecule has 0 atom stereocenters. The van der Waals surface area contributed by atoms with Gasteiger partial charge in [0, 0.05) is 0 Å². The molecule has 1 aliphatic heterocycles. The quantitative estimate of drug-likeness (QED) is 0.404. The SMILES string of the molecule is CC1(C)COC(c2[c-]cccc2)=N1.[Li+]. The van der Waals surface area contributed by atoms with E-state index in [2.05, 4.69) is 24.9 Å². The van der Waals surface area contributed by atoms with E-state index in [0.717, 1.165) is 5.56 Å². The first kappa shape index (κ1) is 11.4. The van der Waals surface area contributed by atoms with Crippen LogP contribution in [0.3, 0.4) is 0 Å². The van der Waals surface area contributed by atoms with Crippen molar-refractivity contribution in [2.75, 3.05) is 6.61 Å². The van der Waals surface area contributed by atoms with Crippen LogP contribution in [0.4, 0.5) is 0 Å². The van der Waals surface area contributed by atoms with Gasteiger partial charge in [0.1, 0.15) is 12.5 Å². The molecule has 1 heterocycles. The molecule has 3 heteroatoms. The van der Waals surface area contributed by atoms with Gasteiger partial charge in [-0.15, -0.1) is 30.3 Å². The van der Waals surface area contributed by atoms with Gasteiger partial charge in [-0.05, 0) is 13.8 Å². The molecule has 68 valence electrons. The molecule has 0 saturated heterocycles. The molecule has 0 fully saturated rings. The summed E-state index contributed by atoms with van der Waals surface area (Å²) < 4.78 is 5.47. The second-order valence-electron chi connectivity index (χ2n) is 3.79. The number of hydrogen-bond donors (Lipinski definition) is 0. The second-order valence-corrected chi connectivity index (χ2v) is 3.79. The maximum atomic E-state index is 5.47. The molecule has 0 N–H and O–H groups in total. The van der Waals surface area contributed by atoms with Crippen molar-refractivity contribution in [3.05, 3.63) is 35.9 Å². The van der Waals surface area contributed by atoms with Gasteiger partial charge in [0.15, 0.2) is 0 Å². The van der Waals surface area contributed by atoms with Gasteiger partial charge in [-0.1, -0.05) is 5.56 Å². The van der Waals surface area contributed by atoms with E-state index in [1.165, 1.54) is 0 Å². The molecule has 0 bridgehead atoms. The van der Waals surface area contributed by atoms with Crippen LogP contribution in [0.1, 0.15) is 19.4 Å². The molecule has 1 aromatic carbocycles. The minimum absolute atomic E-state index is 0. The summed E-state index contributed by atoms with van der Waals surface area (Å²) in [5.41, 5.74) is 0.854. The molecule has 0 spiro atoms. The average Bonchev–Trinajstić information content (AvgIpc) is 2.48. The molecule has 2 rings (SSSR count). The van der Waals surface area contributed by atoms with E-state index < -0.39 is 0 Å². The molecule has 0 radical (unpaired) electrons. The van der Waals surface area contributed by atoms with Crippen molar-refractivity contribution in [2.24, 2.45) is 4.99 Å². The number of ether oxygens (including phenoxy) is 1. The van der Waals surface area contributed by atoms with E-state index in [1.54, 1.807) is 0 Å². The number of benzene rings is 1. The summed E-state index contributed by atoms with van der Waals surface area (Å²) in [6.07, 6.45) is 0. The number of rotatable bonds is 1. The van der Waals surface area contributed by atoms with Crippen LogP contribution >= 0.6 is 0 Å². The van der Waals surface area contributed by atoms with E-state index in [0.29, 0.717) is 12.5 Å². The Hall–Kier alpha value is -0.713. The van der Waals surface area contributed by atoms with Crippen LogP contribution in [0.25, 0.3) is 0 Å². The first-order valence-electron chi connectivity index (χ1n) is 4.37. The van der Waals surface area contributed by atoms with Gasteiger partial charge in [-0.25, -0.2) is 0 Å². The van der Waals surface area contributed by atoms with Crippen LogP contribution in [0.5, 0.6) is 0 Å². The predicted molar refractivity (Wildman–Crippen MR) is 51.8 cm³/mol. The van der Waals surface area contributed by atoms with Gasteiger partial charge in [0.2, 0.25) is 0 Å². The average molecular weight is 181 g/mol. The minimum atomic E-state index is -0.0843. The summed E-state index contributed by atoms with van der Waals surface area (Å²) in [7, 11) is 0. The molecule has 0 aromatic heterocycles. The third-order valence-electron chi connectivity index (χ3n) is 1.91. The Labute approximate surface area is 96.6 Å². The Morgan fingerprint density at radius 1 is 1.43 bits per heavy atom. The first-order chi connectivity index (χ1) is 6.17. The second kappa shape index (κ2) is 4.21. The molecule has 0 aliphatic carbocycles. The minimum Gasteiger partial charge on any atom is -0.518 e. The predicted octanol–water partition coefficient (Wildman–Crippen LogP) is -0.954. The van der Waals surface area contributed by atoms with Crippen LogP contribution in [0.15, 0.2) is 29.3 Å². The monoisotopic (exact) mass is 181 g/mol. The van der Waals surface area contributed by atoms with Gasteiger partial charge in [0.25, 0.3) is 0 Å². The molecule has 14 heavy (non-hydrogen) atoms. The molecule has 0 saturated carbocycles. The van der Waals surface area contributed by atoms with Gasteiger partial charge < -0.3 is 4.74 Å². The largest absolute Gasteiger partial charge is 1.00 e. The summed E-state index contributed by atoms with van der Waals surface area (Å²) in [4.78, 5) is 4.45. The number of nitrogens with zero attached hydrogens (tertiary/aromatic N) is 1. The fourth-order valence-corrected chi connectivity index (χ4v) is 1.25. The molecule has 1 aromatic rings. The van der Waals surface area contributed by atoms with Gasteiger partial charge in [-0.2, -0.15) is 0 Å². The van der Waals surface area contributed by atoms with Crippen molar-refractivity contribution in [1.29, 1.82) is 0 Å². The summed E-state index contributed by atoms with van der Waals surface area (Å²) in [6.45, 7) is 4.77. The van der Waals surface area contributed by atoms with E-state index in [9.17, 15) is 0 Å². The Morgan fingerprint density at radius 3 is 2.71 bits per heavy atom. The van der Waals surface area contributed by atoms with Crippen LogP contribution in [0, 0.1) is 6.07 Å². The first-order valence-corrected chi connectivity index (χ1v) is 4.37. The summed E-state index contributed by atoms with van der Waals surface area (Å²) in [6, 6.07) is 10.8. The Morgan fingerprint density at radius 2 is 2.21 bits per heavy atom. The molecular formula is C11H12LiNO. The molecule has 0 unspecified atom stereocenters. The standard InChI is InChI=1S/C11H12NO.Li/c1-11(2)8-13-10(12-11)9-6-4-3-5-7-9;/h3-6H,8H2,1-2H3;/q-1;+1. The van der Waals surface area contributed by atoms with E-state index >= 15 is 0 Å². The summed E-state index contributed by atoms with van der Waals surface area (Å²) >= 11 is 0. The van der Waals surface area contributed by atoms with Crippen molar-refractivity contribution < 1.29 is 23.6 Å². The van der Waals surface area contributed by atoms with Gasteiger partial charge in [-0.3, -0.25) is 4.99 Å². The summed E-state index contributed by atoms with van der Waals surface area (Å²) in [5.74, 6) is 0.714. The third kappa shape index (κ3) is 2.40. The summed E-state index contributed by atoms with van der Waals surface area (Å²) in [5, 5.41) is 0. The van der Waals surface area contributed by atoms with Crippen molar-refractivity contribution >= 4 is 5.90 Å². The topological polar surface area (TPSA) is 21.6 Å². The smallest absolute Gasteiger partial charge is 0.518 e. The molecule has 1 aliphatic rings. The normalized spacial score (nSPS) is 18.0. The van der Waals surface area contributed by atoms with Crippen molar-refractivity contribution in [1.82, 2.24) is 0 Å². The van der Waals surface area contributed by atoms with Crippen molar-refractivity contribution in [3.63, 3.8) is 0 Å². The number of hydrogen-bond acceptors (Lipinski definition) is 2. The van der Waals surface area contributed by atoms with Crippen molar-refractivity contribution in [2.45, 2.75) is 19.4 Å². The van der Waals surface area contributed by atoms with Crippen molar-refractivity contribution in [3.8, 4) is 0 Å². The van der Waals surface area contributed by atoms with Crippen LogP contribution < -0.4 is 18.9 Å². The Balaban J connectivity index is 0.000000980. The maximum absolute atomic E-state index is 5.47. The van der Waals surface area contributed by atoms with Crippen LogP contribution in [-0.2, 0) is 4.74 Å². The third-order valence-corrected chi connectivity index (χ3v) is 1.91. The molecular weight excluding hydrogens is 169 g/mol. The number of aliphatic imine (C=N–C) groups is 1. The van der Waals surface area contributed by atoms with E-state index in [1.807, 2.05) is 24.3 Å². The van der Waals surface area contributed by atoms with Crippen LogP contribution in [-0.4, -0.2) is 18.0 Å². The van der Waals surface area contributed by atoms with Gasteiger partial charge in [0.05, 0.1) is 5.54 Å². The fourth-order valence-electron chi connectivity index (χ4n) is 1.25. The molecule has 0 amide bonds. The van der Waals surface area contributed by atoms with Gasteiger partial charge >= 0.3 is 18.9 Å². The molecule has 2 nitrogen and oxygen atoms in total.